The first-order valence-electron chi connectivity index (χ1n) is 5.29. The molecular weight excluding hydrogens is 216 g/mol. The van der Waals surface area contributed by atoms with E-state index < -0.39 is 5.97 Å². The molecule has 0 aliphatic rings. The number of carbonyl (C=O) groups excluding carboxylic acids is 1. The largest absolute Gasteiger partial charge is 0.454 e. The molecule has 0 N–H and O–H groups in total. The van der Waals surface area contributed by atoms with E-state index in [1.165, 1.54) is 6.08 Å². The maximum atomic E-state index is 11.4. The number of ether oxygens (including phenoxy) is 1. The number of esters is 1. The average molecular weight is 230 g/mol. The van der Waals surface area contributed by atoms with E-state index >= 15 is 0 Å². The van der Waals surface area contributed by atoms with Crippen LogP contribution >= 0.6 is 0 Å². The lowest BCUT2D eigenvalue weighted by molar-refractivity contribution is -0.143. The van der Waals surface area contributed by atoms with Crippen LogP contribution in [0, 0.1) is 0 Å². The summed E-state index contributed by atoms with van der Waals surface area (Å²) in [7, 11) is 0. The van der Waals surface area contributed by atoms with E-state index in [2.05, 4.69) is 4.79 Å². The monoisotopic (exact) mass is 230 g/mol. The molecule has 0 aromatic heterocycles. The predicted molar refractivity (Wildman–Crippen MR) is 65.3 cm³/mol. The fraction of sp³-hybridized carbons (Fsp3) is 0.231. The number of hydrogen-bond acceptors (Lipinski definition) is 2. The maximum Gasteiger partial charge on any atom is 0.421 e. The fourth-order valence-corrected chi connectivity index (χ4v) is 1.16. The minimum atomic E-state index is -0.644. The summed E-state index contributed by atoms with van der Waals surface area (Å²) in [4.78, 5) is 14.4. The van der Waals surface area contributed by atoms with Crippen LogP contribution in [-0.2, 0) is 9.53 Å². The summed E-state index contributed by atoms with van der Waals surface area (Å²) in [5.41, 5.74) is 9.51. The summed E-state index contributed by atoms with van der Waals surface area (Å²) < 4.78 is 4.91. The molecule has 0 spiro atoms. The van der Waals surface area contributed by atoms with Crippen LogP contribution in [-0.4, -0.2) is 22.6 Å². The van der Waals surface area contributed by atoms with Crippen LogP contribution in [0.4, 0.5) is 0 Å². The van der Waals surface area contributed by atoms with Gasteiger partial charge in [-0.05, 0) is 25.5 Å². The van der Waals surface area contributed by atoms with Gasteiger partial charge < -0.3 is 10.3 Å². The Bertz CT molecular complexity index is 458. The Morgan fingerprint density at radius 3 is 2.53 bits per heavy atom. The van der Waals surface area contributed by atoms with E-state index in [-0.39, 0.29) is 11.8 Å². The van der Waals surface area contributed by atoms with Crippen LogP contribution in [0.25, 0.3) is 11.6 Å². The van der Waals surface area contributed by atoms with Gasteiger partial charge in [0.05, 0.1) is 6.10 Å². The minimum absolute atomic E-state index is 0.123. The van der Waals surface area contributed by atoms with Gasteiger partial charge in [0.25, 0.3) is 0 Å². The van der Waals surface area contributed by atoms with Gasteiger partial charge in [0.15, 0.2) is 0 Å². The molecule has 88 valence electrons. The Morgan fingerprint density at radius 1 is 1.35 bits per heavy atom. The highest BCUT2D eigenvalue weighted by Crippen LogP contribution is 2.01. The molecule has 1 aromatic rings. The summed E-state index contributed by atoms with van der Waals surface area (Å²) in [5.74, 6) is -0.644. The van der Waals surface area contributed by atoms with Gasteiger partial charge in [-0.15, -0.1) is 0 Å². The summed E-state index contributed by atoms with van der Waals surface area (Å²) in [6.07, 6.45) is 2.85. The van der Waals surface area contributed by atoms with Crippen molar-refractivity contribution in [3.63, 3.8) is 0 Å². The molecule has 0 heterocycles. The fourth-order valence-electron chi connectivity index (χ4n) is 1.16. The van der Waals surface area contributed by atoms with E-state index in [9.17, 15) is 4.79 Å². The van der Waals surface area contributed by atoms with Crippen LogP contribution in [0.5, 0.6) is 0 Å². The molecule has 1 rings (SSSR count). The Balaban J connectivity index is 2.75. The first kappa shape index (κ1) is 12.9. The van der Waals surface area contributed by atoms with Gasteiger partial charge in [-0.3, -0.25) is 0 Å². The topological polar surface area (TPSA) is 62.7 Å². The molecule has 0 saturated carbocycles. The standard InChI is InChI=1S/C13H14N2O2/c1-10(2)17-13(16)12(15-14)9-8-11-6-4-3-5-7-11/h3-10H,1-2H3/b9-8+. The molecule has 4 nitrogen and oxygen atoms in total. The summed E-state index contributed by atoms with van der Waals surface area (Å²) in [6, 6.07) is 9.40. The van der Waals surface area contributed by atoms with Crippen molar-refractivity contribution in [2.45, 2.75) is 20.0 Å². The Labute approximate surface area is 100 Å². The van der Waals surface area contributed by atoms with Crippen LogP contribution in [0.1, 0.15) is 19.4 Å². The smallest absolute Gasteiger partial charge is 0.421 e. The highest BCUT2D eigenvalue weighted by Gasteiger charge is 2.19. The van der Waals surface area contributed by atoms with E-state index in [1.54, 1.807) is 19.9 Å². The quantitative estimate of drug-likeness (QED) is 0.345. The third-order valence-corrected chi connectivity index (χ3v) is 1.89. The Hall–Kier alpha value is -2.19. The number of rotatable bonds is 4. The molecule has 0 atom stereocenters. The summed E-state index contributed by atoms with van der Waals surface area (Å²) in [6.45, 7) is 3.46. The van der Waals surface area contributed by atoms with Gasteiger partial charge in [-0.2, -0.15) is 4.79 Å². The third-order valence-electron chi connectivity index (χ3n) is 1.89. The lowest BCUT2D eigenvalue weighted by Gasteiger charge is -2.02. The van der Waals surface area contributed by atoms with Crippen molar-refractivity contribution in [1.82, 2.24) is 0 Å². The SMILES string of the molecule is CC(C)OC(=O)C(/C=C/c1ccccc1)=[N+]=[N-]. The summed E-state index contributed by atoms with van der Waals surface area (Å²) in [5, 5.41) is 0. The van der Waals surface area contributed by atoms with Crippen LogP contribution in [0.2, 0.25) is 0 Å². The zero-order valence-corrected chi connectivity index (χ0v) is 9.83. The van der Waals surface area contributed by atoms with Gasteiger partial charge >= 0.3 is 11.7 Å². The van der Waals surface area contributed by atoms with Gasteiger partial charge in [0.2, 0.25) is 0 Å². The minimum Gasteiger partial charge on any atom is -0.454 e. The molecule has 17 heavy (non-hydrogen) atoms. The second kappa shape index (κ2) is 6.40. The number of hydrogen-bond donors (Lipinski definition) is 0. The highest BCUT2D eigenvalue weighted by molar-refractivity contribution is 6.39. The molecular formula is C13H14N2O2. The second-order valence-corrected chi connectivity index (χ2v) is 3.68. The van der Waals surface area contributed by atoms with E-state index in [1.807, 2.05) is 30.3 Å². The lowest BCUT2D eigenvalue weighted by atomic mass is 10.2. The molecule has 1 aromatic carbocycles. The molecule has 0 radical (unpaired) electrons. The normalized spacial score (nSPS) is 10.3. The third kappa shape index (κ3) is 4.45. The molecule has 0 fully saturated rings. The molecule has 4 heteroatoms. The second-order valence-electron chi connectivity index (χ2n) is 3.68. The van der Waals surface area contributed by atoms with Gasteiger partial charge in [-0.25, -0.2) is 4.79 Å². The van der Waals surface area contributed by atoms with Gasteiger partial charge in [0.1, 0.15) is 0 Å². The van der Waals surface area contributed by atoms with Crippen molar-refractivity contribution in [2.75, 3.05) is 0 Å². The zero-order valence-electron chi connectivity index (χ0n) is 9.83. The van der Waals surface area contributed by atoms with Crippen molar-refractivity contribution in [2.24, 2.45) is 0 Å². The summed E-state index contributed by atoms with van der Waals surface area (Å²) >= 11 is 0. The molecule has 0 amide bonds. The molecule has 0 saturated heterocycles. The van der Waals surface area contributed by atoms with Crippen molar-refractivity contribution in [3.8, 4) is 0 Å². The van der Waals surface area contributed by atoms with Gasteiger partial charge in [0, 0.05) is 6.08 Å². The Morgan fingerprint density at radius 2 is 2.00 bits per heavy atom. The number of benzene rings is 1. The molecule has 0 aliphatic heterocycles. The highest BCUT2D eigenvalue weighted by atomic mass is 16.5. The van der Waals surface area contributed by atoms with Crippen molar-refractivity contribution < 1.29 is 14.3 Å². The van der Waals surface area contributed by atoms with Crippen molar-refractivity contribution >= 4 is 17.8 Å². The van der Waals surface area contributed by atoms with Gasteiger partial charge in [-0.1, -0.05) is 30.3 Å². The number of nitrogens with zero attached hydrogens (tertiary/aromatic N) is 2. The van der Waals surface area contributed by atoms with E-state index in [0.717, 1.165) is 5.56 Å². The van der Waals surface area contributed by atoms with Crippen LogP contribution in [0.3, 0.4) is 0 Å². The molecule has 0 aliphatic carbocycles. The first-order chi connectivity index (χ1) is 8.13. The van der Waals surface area contributed by atoms with E-state index in [4.69, 9.17) is 10.3 Å². The first-order valence-corrected chi connectivity index (χ1v) is 5.29. The maximum absolute atomic E-state index is 11.4. The Kier molecular flexibility index (Phi) is 4.85. The average Bonchev–Trinajstić information content (AvgIpc) is 2.30. The van der Waals surface area contributed by atoms with E-state index in [0.29, 0.717) is 0 Å². The van der Waals surface area contributed by atoms with Crippen molar-refractivity contribution in [3.05, 3.63) is 47.5 Å². The number of carbonyl (C=O) groups is 1. The van der Waals surface area contributed by atoms with Crippen LogP contribution in [0.15, 0.2) is 36.4 Å². The molecule has 0 unspecified atom stereocenters. The van der Waals surface area contributed by atoms with Crippen molar-refractivity contribution in [1.29, 1.82) is 0 Å². The zero-order chi connectivity index (χ0) is 12.7. The lowest BCUT2D eigenvalue weighted by Crippen LogP contribution is -2.20. The van der Waals surface area contributed by atoms with Crippen LogP contribution < -0.4 is 0 Å². The predicted octanol–water partition coefficient (Wildman–Crippen LogP) is 2.32. The molecule has 0 bridgehead atoms.